The van der Waals surface area contributed by atoms with Crippen LogP contribution in [0.15, 0.2) is 18.2 Å². The molecular formula is C19H28FN3O4S. The molecule has 2 fully saturated rings. The van der Waals surface area contributed by atoms with Crippen LogP contribution in [0.4, 0.5) is 14.9 Å². The Morgan fingerprint density at radius 3 is 2.21 bits per heavy atom. The second kappa shape index (κ2) is 8.75. The maximum Gasteiger partial charge on any atom is 0.321 e. The average Bonchev–Trinajstić information content (AvgIpc) is 2.65. The number of piperidine rings is 2. The Morgan fingerprint density at radius 1 is 1.11 bits per heavy atom. The molecule has 1 aromatic rings. The molecule has 3 rings (SSSR count). The number of rotatable bonds is 4. The Kier molecular flexibility index (Phi) is 6.57. The molecule has 0 spiro atoms. The lowest BCUT2D eigenvalue weighted by Crippen LogP contribution is -2.45. The van der Waals surface area contributed by atoms with Gasteiger partial charge in [-0.2, -0.15) is 0 Å². The number of amides is 2. The molecule has 2 saturated heterocycles. The smallest absolute Gasteiger partial charge is 0.321 e. The van der Waals surface area contributed by atoms with Gasteiger partial charge in [0, 0.05) is 31.9 Å². The minimum absolute atomic E-state index is 0.0684. The Labute approximate surface area is 165 Å². The van der Waals surface area contributed by atoms with E-state index in [9.17, 15) is 17.6 Å². The van der Waals surface area contributed by atoms with Crippen LogP contribution < -0.4 is 5.32 Å². The third kappa shape index (κ3) is 5.42. The zero-order valence-corrected chi connectivity index (χ0v) is 17.2. The van der Waals surface area contributed by atoms with Gasteiger partial charge in [0.15, 0.2) is 0 Å². The molecule has 2 aliphatic heterocycles. The number of hydrogen-bond donors (Lipinski definition) is 1. The number of nitrogens with one attached hydrogen (secondary N) is 1. The minimum Gasteiger partial charge on any atom is -0.375 e. The van der Waals surface area contributed by atoms with Crippen molar-refractivity contribution in [1.29, 1.82) is 0 Å². The molecule has 2 aliphatic rings. The first-order chi connectivity index (χ1) is 13.2. The minimum atomic E-state index is -3.13. The van der Waals surface area contributed by atoms with Crippen molar-refractivity contribution in [2.75, 3.05) is 37.8 Å². The van der Waals surface area contributed by atoms with Crippen molar-refractivity contribution >= 4 is 21.7 Å². The fraction of sp³-hybridized carbons (Fsp3) is 0.632. The molecule has 2 heterocycles. The number of sulfonamides is 1. The molecule has 1 N–H and O–H groups in total. The van der Waals surface area contributed by atoms with Crippen LogP contribution >= 0.6 is 0 Å². The van der Waals surface area contributed by atoms with Crippen molar-refractivity contribution in [3.05, 3.63) is 29.6 Å². The van der Waals surface area contributed by atoms with Gasteiger partial charge in [-0.15, -0.1) is 0 Å². The summed E-state index contributed by atoms with van der Waals surface area (Å²) in [5.41, 5.74) is 0.988. The number of carbonyl (C=O) groups excluding carboxylic acids is 1. The molecule has 0 bridgehead atoms. The van der Waals surface area contributed by atoms with Gasteiger partial charge in [0.05, 0.1) is 18.5 Å². The molecule has 0 atom stereocenters. The predicted molar refractivity (Wildman–Crippen MR) is 105 cm³/mol. The van der Waals surface area contributed by atoms with Crippen LogP contribution in [0, 0.1) is 12.7 Å². The van der Waals surface area contributed by atoms with Crippen LogP contribution in [0.5, 0.6) is 0 Å². The zero-order valence-electron chi connectivity index (χ0n) is 16.4. The summed E-state index contributed by atoms with van der Waals surface area (Å²) in [6.45, 7) is 3.83. The molecule has 9 heteroatoms. The number of aryl methyl sites for hydroxylation is 1. The molecule has 0 radical (unpaired) electrons. The van der Waals surface area contributed by atoms with Crippen molar-refractivity contribution in [3.8, 4) is 0 Å². The maximum atomic E-state index is 13.6. The lowest BCUT2D eigenvalue weighted by molar-refractivity contribution is -0.0542. The number of nitrogens with zero attached hydrogens (tertiary/aromatic N) is 2. The zero-order chi connectivity index (χ0) is 20.3. The summed E-state index contributed by atoms with van der Waals surface area (Å²) < 4.78 is 44.4. The van der Waals surface area contributed by atoms with E-state index in [0.717, 1.165) is 12.8 Å². The Morgan fingerprint density at radius 2 is 1.68 bits per heavy atom. The van der Waals surface area contributed by atoms with E-state index in [1.165, 1.54) is 16.6 Å². The normalized spacial score (nSPS) is 20.3. The number of carbonyl (C=O) groups is 1. The quantitative estimate of drug-likeness (QED) is 0.823. The van der Waals surface area contributed by atoms with Crippen LogP contribution in [0.1, 0.15) is 31.2 Å². The lowest BCUT2D eigenvalue weighted by atomic mass is 10.1. The molecule has 1 aromatic carbocycles. The molecule has 0 unspecified atom stereocenters. The topological polar surface area (TPSA) is 79.0 Å². The van der Waals surface area contributed by atoms with E-state index in [0.29, 0.717) is 50.3 Å². The molecular weight excluding hydrogens is 385 g/mol. The summed E-state index contributed by atoms with van der Waals surface area (Å²) >= 11 is 0. The Bertz CT molecular complexity index is 801. The van der Waals surface area contributed by atoms with Gasteiger partial charge in [0.1, 0.15) is 5.82 Å². The molecule has 0 aromatic heterocycles. The molecule has 156 valence electrons. The molecule has 28 heavy (non-hydrogen) atoms. The highest BCUT2D eigenvalue weighted by Gasteiger charge is 2.29. The van der Waals surface area contributed by atoms with Crippen LogP contribution in [-0.2, 0) is 14.8 Å². The summed E-state index contributed by atoms with van der Waals surface area (Å²) in [6.07, 6.45) is 4.26. The van der Waals surface area contributed by atoms with Gasteiger partial charge in [-0.3, -0.25) is 0 Å². The Balaban J connectivity index is 1.42. The van der Waals surface area contributed by atoms with Gasteiger partial charge < -0.3 is 15.0 Å². The molecule has 2 amide bonds. The second-order valence-electron chi connectivity index (χ2n) is 7.58. The monoisotopic (exact) mass is 413 g/mol. The third-order valence-electron chi connectivity index (χ3n) is 5.41. The first kappa shape index (κ1) is 21.0. The van der Waals surface area contributed by atoms with Crippen LogP contribution in [-0.4, -0.2) is 68.3 Å². The van der Waals surface area contributed by atoms with Crippen LogP contribution in [0.25, 0.3) is 0 Å². The van der Waals surface area contributed by atoms with Crippen LogP contribution in [0.2, 0.25) is 0 Å². The highest BCUT2D eigenvalue weighted by atomic mass is 32.2. The largest absolute Gasteiger partial charge is 0.375 e. The summed E-state index contributed by atoms with van der Waals surface area (Å²) in [4.78, 5) is 14.1. The number of urea groups is 1. The summed E-state index contributed by atoms with van der Waals surface area (Å²) in [6, 6.07) is 4.42. The summed E-state index contributed by atoms with van der Waals surface area (Å²) in [5.74, 6) is -0.341. The number of halogens is 1. The molecule has 7 nitrogen and oxygen atoms in total. The van der Waals surface area contributed by atoms with E-state index < -0.39 is 10.0 Å². The number of hydrogen-bond acceptors (Lipinski definition) is 4. The van der Waals surface area contributed by atoms with Crippen molar-refractivity contribution < 1.29 is 22.3 Å². The van der Waals surface area contributed by atoms with Gasteiger partial charge in [0.25, 0.3) is 0 Å². The van der Waals surface area contributed by atoms with E-state index in [4.69, 9.17) is 4.74 Å². The number of ether oxygens (including phenoxy) is 1. The number of benzene rings is 1. The fourth-order valence-electron chi connectivity index (χ4n) is 3.64. The first-order valence-corrected chi connectivity index (χ1v) is 11.5. The highest BCUT2D eigenvalue weighted by Crippen LogP contribution is 2.22. The van der Waals surface area contributed by atoms with Crippen LogP contribution in [0.3, 0.4) is 0 Å². The summed E-state index contributed by atoms with van der Waals surface area (Å²) in [7, 11) is -3.13. The fourth-order valence-corrected chi connectivity index (χ4v) is 4.51. The van der Waals surface area contributed by atoms with Gasteiger partial charge in [-0.05, 0) is 50.3 Å². The van der Waals surface area contributed by atoms with Crippen molar-refractivity contribution in [2.45, 2.75) is 44.8 Å². The predicted octanol–water partition coefficient (Wildman–Crippen LogP) is 2.57. The number of anilines is 1. The second-order valence-corrected chi connectivity index (χ2v) is 9.56. The van der Waals surface area contributed by atoms with Crippen molar-refractivity contribution in [2.24, 2.45) is 0 Å². The van der Waals surface area contributed by atoms with Gasteiger partial charge >= 0.3 is 6.03 Å². The van der Waals surface area contributed by atoms with E-state index in [1.54, 1.807) is 24.0 Å². The SMILES string of the molecule is Cc1ccc(NC(=O)N2CCC(OC3CCN(S(C)(=O)=O)CC3)CC2)cc1F. The van der Waals surface area contributed by atoms with Gasteiger partial charge in [-0.1, -0.05) is 6.07 Å². The third-order valence-corrected chi connectivity index (χ3v) is 6.71. The molecule has 0 aliphatic carbocycles. The highest BCUT2D eigenvalue weighted by molar-refractivity contribution is 7.88. The van der Waals surface area contributed by atoms with Crippen molar-refractivity contribution in [3.63, 3.8) is 0 Å². The van der Waals surface area contributed by atoms with Gasteiger partial charge in [0.2, 0.25) is 10.0 Å². The summed E-state index contributed by atoms with van der Waals surface area (Å²) in [5, 5.41) is 2.74. The van der Waals surface area contributed by atoms with E-state index in [-0.39, 0.29) is 24.1 Å². The van der Waals surface area contributed by atoms with E-state index in [1.807, 2.05) is 0 Å². The lowest BCUT2D eigenvalue weighted by Gasteiger charge is -2.36. The first-order valence-electron chi connectivity index (χ1n) is 9.65. The average molecular weight is 414 g/mol. The van der Waals surface area contributed by atoms with Gasteiger partial charge in [-0.25, -0.2) is 21.9 Å². The standard InChI is InChI=1S/C19H28FN3O4S/c1-14-3-4-15(13-18(14)20)21-19(24)22-9-5-16(6-10-22)27-17-7-11-23(12-8-17)28(2,25)26/h3-4,13,16-17H,5-12H2,1-2H3,(H,21,24). The Hall–Kier alpha value is -1.71. The van der Waals surface area contributed by atoms with E-state index >= 15 is 0 Å². The van der Waals surface area contributed by atoms with Crippen molar-refractivity contribution in [1.82, 2.24) is 9.21 Å². The van der Waals surface area contributed by atoms with E-state index in [2.05, 4.69) is 5.32 Å². The maximum absolute atomic E-state index is 13.6. The number of likely N-dealkylation sites (tertiary alicyclic amines) is 1. The molecule has 0 saturated carbocycles.